The molecular weight excluding hydrogens is 224 g/mol. The summed E-state index contributed by atoms with van der Waals surface area (Å²) in [6.45, 7) is 3.01. The summed E-state index contributed by atoms with van der Waals surface area (Å²) in [4.78, 5) is 22.2. The summed E-state index contributed by atoms with van der Waals surface area (Å²) in [5, 5.41) is 9.63. The molecule has 0 unspecified atom stereocenters. The van der Waals surface area contributed by atoms with Gasteiger partial charge in [-0.25, -0.2) is 4.79 Å². The molecule has 0 aromatic carbocycles. The van der Waals surface area contributed by atoms with Gasteiger partial charge >= 0.3 is 11.9 Å². The van der Waals surface area contributed by atoms with Crippen LogP contribution in [-0.4, -0.2) is 23.1 Å². The maximum Gasteiger partial charge on any atom is 0.331 e. The highest BCUT2D eigenvalue weighted by Gasteiger charge is 2.38. The van der Waals surface area contributed by atoms with Crippen molar-refractivity contribution in [3.8, 4) is 0 Å². The summed E-state index contributed by atoms with van der Waals surface area (Å²) in [6, 6.07) is 0. The Morgan fingerprint density at radius 2 is 2.24 bits per heavy atom. The van der Waals surface area contributed by atoms with Crippen molar-refractivity contribution in [3.05, 3.63) is 35.3 Å². The number of hydrogen-bond acceptors (Lipinski definition) is 5. The summed E-state index contributed by atoms with van der Waals surface area (Å²) in [6.07, 6.45) is 3.78. The van der Waals surface area contributed by atoms with Crippen LogP contribution in [-0.2, 0) is 19.1 Å². The summed E-state index contributed by atoms with van der Waals surface area (Å²) in [7, 11) is 0. The SMILES string of the molecule is CC(=O)OC1=C(O)C=C[C@@H]2C(C)=CC(=O)O[C@H]12. The van der Waals surface area contributed by atoms with Crippen molar-refractivity contribution in [1.82, 2.24) is 0 Å². The molecule has 5 nitrogen and oxygen atoms in total. The number of esters is 2. The van der Waals surface area contributed by atoms with Crippen molar-refractivity contribution in [2.45, 2.75) is 20.0 Å². The predicted molar refractivity (Wildman–Crippen MR) is 57.7 cm³/mol. The highest BCUT2D eigenvalue weighted by Crippen LogP contribution is 2.34. The largest absolute Gasteiger partial charge is 0.504 e. The number of ether oxygens (including phenoxy) is 2. The molecule has 1 N–H and O–H groups in total. The van der Waals surface area contributed by atoms with Crippen molar-refractivity contribution in [2.24, 2.45) is 5.92 Å². The predicted octanol–water partition coefficient (Wildman–Crippen LogP) is 1.38. The van der Waals surface area contributed by atoms with Crippen LogP contribution >= 0.6 is 0 Å². The lowest BCUT2D eigenvalue weighted by Crippen LogP contribution is -2.36. The van der Waals surface area contributed by atoms with E-state index >= 15 is 0 Å². The molecule has 0 bridgehead atoms. The van der Waals surface area contributed by atoms with Crippen LogP contribution in [0.2, 0.25) is 0 Å². The number of allylic oxidation sites excluding steroid dienone is 1. The summed E-state index contributed by atoms with van der Waals surface area (Å²) in [5.41, 5.74) is 0.805. The van der Waals surface area contributed by atoms with E-state index in [2.05, 4.69) is 0 Å². The van der Waals surface area contributed by atoms with Gasteiger partial charge in [-0.3, -0.25) is 4.79 Å². The highest BCUT2D eigenvalue weighted by molar-refractivity contribution is 5.84. The fourth-order valence-electron chi connectivity index (χ4n) is 1.91. The van der Waals surface area contributed by atoms with Gasteiger partial charge in [-0.1, -0.05) is 11.6 Å². The Balaban J connectivity index is 2.38. The Kier molecular flexibility index (Phi) is 2.75. The van der Waals surface area contributed by atoms with Crippen molar-refractivity contribution in [3.63, 3.8) is 0 Å². The van der Waals surface area contributed by atoms with Gasteiger partial charge < -0.3 is 14.6 Å². The molecule has 0 aromatic rings. The van der Waals surface area contributed by atoms with Crippen LogP contribution in [0.15, 0.2) is 35.3 Å². The Morgan fingerprint density at radius 1 is 1.53 bits per heavy atom. The smallest absolute Gasteiger partial charge is 0.331 e. The van der Waals surface area contributed by atoms with Gasteiger partial charge in [0.1, 0.15) is 0 Å². The number of carbonyl (C=O) groups is 2. The van der Waals surface area contributed by atoms with Crippen LogP contribution in [0.3, 0.4) is 0 Å². The zero-order valence-electron chi connectivity index (χ0n) is 9.47. The van der Waals surface area contributed by atoms with Crippen LogP contribution in [0.25, 0.3) is 0 Å². The highest BCUT2D eigenvalue weighted by atomic mass is 16.6. The van der Waals surface area contributed by atoms with Gasteiger partial charge in [-0.05, 0) is 13.0 Å². The Labute approximate surface area is 98.0 Å². The van der Waals surface area contributed by atoms with E-state index in [0.717, 1.165) is 5.57 Å². The topological polar surface area (TPSA) is 72.8 Å². The minimum Gasteiger partial charge on any atom is -0.504 e. The Bertz CT molecular complexity index is 469. The molecule has 2 aliphatic rings. The minimum absolute atomic E-state index is 0.00852. The molecule has 5 heteroatoms. The van der Waals surface area contributed by atoms with E-state index in [1.165, 1.54) is 19.1 Å². The molecule has 0 spiro atoms. The molecule has 2 atom stereocenters. The molecule has 2 rings (SSSR count). The van der Waals surface area contributed by atoms with Crippen molar-refractivity contribution in [1.29, 1.82) is 0 Å². The number of aliphatic hydroxyl groups is 1. The molecule has 17 heavy (non-hydrogen) atoms. The van der Waals surface area contributed by atoms with Crippen molar-refractivity contribution in [2.75, 3.05) is 0 Å². The van der Waals surface area contributed by atoms with Crippen molar-refractivity contribution < 1.29 is 24.2 Å². The standard InChI is InChI=1S/C12H12O5/c1-6-5-10(15)17-11-8(6)3-4-9(14)12(11)16-7(2)13/h3-5,8,11,14H,1-2H3/t8-,11+/m1/s1. The first-order valence-corrected chi connectivity index (χ1v) is 5.17. The van der Waals surface area contributed by atoms with Gasteiger partial charge in [0, 0.05) is 18.9 Å². The fourth-order valence-corrected chi connectivity index (χ4v) is 1.91. The average molecular weight is 236 g/mol. The second-order valence-corrected chi connectivity index (χ2v) is 3.97. The van der Waals surface area contributed by atoms with E-state index in [4.69, 9.17) is 9.47 Å². The lowest BCUT2D eigenvalue weighted by molar-refractivity contribution is -0.151. The molecular formula is C12H12O5. The molecule has 1 heterocycles. The number of fused-ring (bicyclic) bond motifs is 1. The molecule has 0 aromatic heterocycles. The van der Waals surface area contributed by atoms with E-state index < -0.39 is 18.0 Å². The lowest BCUT2D eigenvalue weighted by Gasteiger charge is -2.32. The van der Waals surface area contributed by atoms with Gasteiger partial charge in [0.05, 0.1) is 0 Å². The summed E-state index contributed by atoms with van der Waals surface area (Å²) in [5.74, 6) is -1.46. The molecule has 0 amide bonds. The van der Waals surface area contributed by atoms with E-state index in [9.17, 15) is 14.7 Å². The second kappa shape index (κ2) is 4.08. The monoisotopic (exact) mass is 236 g/mol. The number of carbonyl (C=O) groups excluding carboxylic acids is 2. The third-order valence-electron chi connectivity index (χ3n) is 2.67. The molecule has 0 saturated heterocycles. The molecule has 1 aliphatic heterocycles. The van der Waals surface area contributed by atoms with Gasteiger partial charge in [-0.2, -0.15) is 0 Å². The van der Waals surface area contributed by atoms with E-state index in [0.29, 0.717) is 0 Å². The molecule has 0 fully saturated rings. The Hall–Kier alpha value is -2.04. The van der Waals surface area contributed by atoms with Crippen LogP contribution in [0.5, 0.6) is 0 Å². The maximum absolute atomic E-state index is 11.3. The van der Waals surface area contributed by atoms with E-state index in [1.807, 2.05) is 0 Å². The van der Waals surface area contributed by atoms with Crippen LogP contribution < -0.4 is 0 Å². The minimum atomic E-state index is -0.763. The second-order valence-electron chi connectivity index (χ2n) is 3.97. The molecule has 90 valence electrons. The number of hydrogen-bond donors (Lipinski definition) is 1. The zero-order valence-corrected chi connectivity index (χ0v) is 9.47. The number of aliphatic hydroxyl groups excluding tert-OH is 1. The normalized spacial score (nSPS) is 27.2. The first-order chi connectivity index (χ1) is 7.99. The fraction of sp³-hybridized carbons (Fsp3) is 0.333. The average Bonchev–Trinajstić information content (AvgIpc) is 2.21. The quantitative estimate of drug-likeness (QED) is 0.696. The van der Waals surface area contributed by atoms with Gasteiger partial charge in [0.25, 0.3) is 0 Å². The van der Waals surface area contributed by atoms with E-state index in [1.54, 1.807) is 13.0 Å². The Morgan fingerprint density at radius 3 is 2.88 bits per heavy atom. The van der Waals surface area contributed by atoms with Gasteiger partial charge in [-0.15, -0.1) is 0 Å². The molecule has 0 radical (unpaired) electrons. The first-order valence-electron chi connectivity index (χ1n) is 5.17. The first kappa shape index (κ1) is 11.4. The van der Waals surface area contributed by atoms with Crippen LogP contribution in [0.4, 0.5) is 0 Å². The lowest BCUT2D eigenvalue weighted by atomic mass is 9.87. The molecule has 1 aliphatic carbocycles. The van der Waals surface area contributed by atoms with Crippen LogP contribution in [0.1, 0.15) is 13.8 Å². The van der Waals surface area contributed by atoms with E-state index in [-0.39, 0.29) is 17.4 Å². The third kappa shape index (κ3) is 2.08. The third-order valence-corrected chi connectivity index (χ3v) is 2.67. The number of rotatable bonds is 1. The van der Waals surface area contributed by atoms with Gasteiger partial charge in [0.2, 0.25) is 0 Å². The zero-order chi connectivity index (χ0) is 12.6. The van der Waals surface area contributed by atoms with Crippen LogP contribution in [0, 0.1) is 5.92 Å². The maximum atomic E-state index is 11.3. The summed E-state index contributed by atoms with van der Waals surface area (Å²) < 4.78 is 9.99. The summed E-state index contributed by atoms with van der Waals surface area (Å²) >= 11 is 0. The van der Waals surface area contributed by atoms with Gasteiger partial charge in [0.15, 0.2) is 17.6 Å². The van der Waals surface area contributed by atoms with Crippen molar-refractivity contribution >= 4 is 11.9 Å². The molecule has 0 saturated carbocycles.